The Kier molecular flexibility index (Phi) is 5.13. The molecule has 3 aromatic rings. The Morgan fingerprint density at radius 2 is 1.59 bits per heavy atom. The molecule has 0 unspecified atom stereocenters. The highest BCUT2D eigenvalue weighted by atomic mass is 32.2. The fourth-order valence-corrected chi connectivity index (χ4v) is 4.98. The van der Waals surface area contributed by atoms with Gasteiger partial charge in [-0.2, -0.15) is 0 Å². The summed E-state index contributed by atoms with van der Waals surface area (Å²) in [4.78, 5) is 2.83. The molecule has 0 radical (unpaired) electrons. The zero-order valence-corrected chi connectivity index (χ0v) is 15.7. The molecule has 27 heavy (non-hydrogen) atoms. The molecule has 142 valence electrons. The summed E-state index contributed by atoms with van der Waals surface area (Å²) in [5.74, 6) is -2.03. The van der Waals surface area contributed by atoms with E-state index in [1.807, 2.05) is 0 Å². The number of sulfonamides is 2. The fraction of sp³-hybridized carbons (Fsp3) is 0. The van der Waals surface area contributed by atoms with E-state index in [-0.39, 0.29) is 15.7 Å². The van der Waals surface area contributed by atoms with Gasteiger partial charge in [0.1, 0.15) is 16.5 Å². The average Bonchev–Trinajstić information content (AvgIpc) is 3.09. The summed E-state index contributed by atoms with van der Waals surface area (Å²) in [5, 5.41) is 1.78. The molecule has 0 spiro atoms. The predicted molar refractivity (Wildman–Crippen MR) is 96.5 cm³/mol. The van der Waals surface area contributed by atoms with Crippen LogP contribution in [0.3, 0.4) is 0 Å². The highest BCUT2D eigenvalue weighted by molar-refractivity contribution is 7.93. The molecule has 0 saturated heterocycles. The van der Waals surface area contributed by atoms with Gasteiger partial charge in [-0.1, -0.05) is 0 Å². The van der Waals surface area contributed by atoms with Crippen molar-refractivity contribution in [3.63, 3.8) is 0 Å². The number of hydrogen-bond acceptors (Lipinski definition) is 6. The van der Waals surface area contributed by atoms with E-state index in [1.54, 1.807) is 5.38 Å². The minimum atomic E-state index is -4.39. The van der Waals surface area contributed by atoms with Crippen molar-refractivity contribution in [3.8, 4) is 0 Å². The largest absolute Gasteiger partial charge is 0.280 e. The quantitative estimate of drug-likeness (QED) is 0.624. The van der Waals surface area contributed by atoms with Gasteiger partial charge in [0.25, 0.3) is 20.0 Å². The van der Waals surface area contributed by atoms with E-state index in [1.165, 1.54) is 18.3 Å². The first-order chi connectivity index (χ1) is 12.7. The van der Waals surface area contributed by atoms with E-state index in [4.69, 9.17) is 0 Å². The molecule has 12 heteroatoms. The summed E-state index contributed by atoms with van der Waals surface area (Å²) in [6, 6.07) is 6.74. The molecule has 0 atom stereocenters. The van der Waals surface area contributed by atoms with Gasteiger partial charge in [0.2, 0.25) is 0 Å². The molecule has 0 fully saturated rings. The van der Waals surface area contributed by atoms with E-state index >= 15 is 0 Å². The molecule has 0 amide bonds. The van der Waals surface area contributed by atoms with Crippen LogP contribution in [0, 0.1) is 11.6 Å². The summed E-state index contributed by atoms with van der Waals surface area (Å²) < 4.78 is 80.1. The number of benzene rings is 2. The first-order valence-electron chi connectivity index (χ1n) is 7.18. The van der Waals surface area contributed by atoms with Crippen molar-refractivity contribution in [2.24, 2.45) is 0 Å². The second kappa shape index (κ2) is 7.21. The van der Waals surface area contributed by atoms with Gasteiger partial charge in [-0.3, -0.25) is 9.44 Å². The van der Waals surface area contributed by atoms with Crippen LogP contribution < -0.4 is 9.44 Å². The van der Waals surface area contributed by atoms with E-state index in [2.05, 4.69) is 14.4 Å². The topological polar surface area (TPSA) is 105 Å². The predicted octanol–water partition coefficient (Wildman–Crippen LogP) is 3.02. The number of halogens is 2. The molecule has 2 N–H and O–H groups in total. The molecule has 0 bridgehead atoms. The summed E-state index contributed by atoms with van der Waals surface area (Å²) >= 11 is 1.10. The van der Waals surface area contributed by atoms with E-state index < -0.39 is 36.6 Å². The molecular formula is C15H11F2N3O4S3. The zero-order chi connectivity index (χ0) is 19.7. The monoisotopic (exact) mass is 431 g/mol. The molecule has 0 aliphatic rings. The SMILES string of the molecule is O=S(=O)(Nc1nccs1)c1ccc(NS(=O)(=O)c2cc(F)ccc2F)cc1. The maximum atomic E-state index is 13.7. The summed E-state index contributed by atoms with van der Waals surface area (Å²) in [7, 11) is -8.29. The van der Waals surface area contributed by atoms with Crippen molar-refractivity contribution in [2.45, 2.75) is 9.79 Å². The van der Waals surface area contributed by atoms with Gasteiger partial charge in [-0.25, -0.2) is 30.6 Å². The number of nitrogens with one attached hydrogen (secondary N) is 2. The van der Waals surface area contributed by atoms with Crippen LogP contribution >= 0.6 is 11.3 Å². The third kappa shape index (κ3) is 4.40. The molecule has 0 aliphatic carbocycles. The third-order valence-corrected chi connectivity index (χ3v) is 6.82. The van der Waals surface area contributed by atoms with Crippen molar-refractivity contribution >= 4 is 42.2 Å². The van der Waals surface area contributed by atoms with Gasteiger partial charge in [-0.05, 0) is 42.5 Å². The third-order valence-electron chi connectivity index (χ3n) is 3.25. The van der Waals surface area contributed by atoms with Crippen LogP contribution in [-0.4, -0.2) is 21.8 Å². The van der Waals surface area contributed by atoms with E-state index in [9.17, 15) is 25.6 Å². The van der Waals surface area contributed by atoms with Gasteiger partial charge in [-0.15, -0.1) is 11.3 Å². The van der Waals surface area contributed by atoms with Crippen LogP contribution in [0.1, 0.15) is 0 Å². The van der Waals surface area contributed by atoms with Crippen molar-refractivity contribution in [1.29, 1.82) is 0 Å². The summed E-state index contributed by atoms with van der Waals surface area (Å²) in [5.41, 5.74) is -0.0214. The van der Waals surface area contributed by atoms with Crippen LogP contribution in [0.5, 0.6) is 0 Å². The number of rotatable bonds is 6. The smallest absolute Gasteiger partial charge is 0.264 e. The van der Waals surface area contributed by atoms with Crippen LogP contribution in [0.25, 0.3) is 0 Å². The number of nitrogens with zero attached hydrogens (tertiary/aromatic N) is 1. The maximum Gasteiger partial charge on any atom is 0.264 e. The van der Waals surface area contributed by atoms with Crippen LogP contribution in [-0.2, 0) is 20.0 Å². The molecule has 0 saturated carbocycles. The standard InChI is InChI=1S/C15H11F2N3O4S3/c16-10-1-6-13(17)14(9-10)27(23,24)19-11-2-4-12(5-3-11)26(21,22)20-15-18-7-8-25-15/h1-9,19H,(H,18,20). The highest BCUT2D eigenvalue weighted by Crippen LogP contribution is 2.22. The summed E-state index contributed by atoms with van der Waals surface area (Å²) in [6.07, 6.45) is 1.44. The Morgan fingerprint density at radius 3 is 2.22 bits per heavy atom. The van der Waals surface area contributed by atoms with Gasteiger partial charge >= 0.3 is 0 Å². The lowest BCUT2D eigenvalue weighted by Gasteiger charge is -2.10. The van der Waals surface area contributed by atoms with Crippen molar-refractivity contribution < 1.29 is 25.6 Å². The Labute approximate surface area is 157 Å². The zero-order valence-electron chi connectivity index (χ0n) is 13.3. The highest BCUT2D eigenvalue weighted by Gasteiger charge is 2.21. The molecule has 0 aliphatic heterocycles. The second-order valence-corrected chi connectivity index (χ2v) is 9.38. The minimum Gasteiger partial charge on any atom is -0.280 e. The Balaban J connectivity index is 1.82. The minimum absolute atomic E-state index is 0.0214. The van der Waals surface area contributed by atoms with Crippen LogP contribution in [0.4, 0.5) is 19.6 Å². The molecule has 1 aromatic heterocycles. The van der Waals surface area contributed by atoms with Crippen molar-refractivity contribution in [2.75, 3.05) is 9.44 Å². The number of anilines is 2. The maximum absolute atomic E-state index is 13.7. The molecule has 7 nitrogen and oxygen atoms in total. The molecule has 1 heterocycles. The van der Waals surface area contributed by atoms with E-state index in [0.29, 0.717) is 12.1 Å². The van der Waals surface area contributed by atoms with Crippen LogP contribution in [0.15, 0.2) is 63.8 Å². The number of aromatic nitrogens is 1. The molecule has 3 rings (SSSR count). The lowest BCUT2D eigenvalue weighted by molar-refractivity contribution is 0.555. The first kappa shape index (κ1) is 19.2. The number of thiazole rings is 1. The number of hydrogen-bond donors (Lipinski definition) is 2. The lowest BCUT2D eigenvalue weighted by atomic mass is 10.3. The molecular weight excluding hydrogens is 420 g/mol. The summed E-state index contributed by atoms with van der Waals surface area (Å²) in [6.45, 7) is 0. The first-order valence-corrected chi connectivity index (χ1v) is 11.0. The fourth-order valence-electron chi connectivity index (χ4n) is 2.04. The second-order valence-electron chi connectivity index (χ2n) is 5.15. The lowest BCUT2D eigenvalue weighted by Crippen LogP contribution is -2.15. The van der Waals surface area contributed by atoms with Gasteiger partial charge in [0.05, 0.1) is 4.90 Å². The Bertz CT molecular complexity index is 1160. The average molecular weight is 431 g/mol. The van der Waals surface area contributed by atoms with Crippen molar-refractivity contribution in [3.05, 3.63) is 65.7 Å². The Morgan fingerprint density at radius 1 is 0.889 bits per heavy atom. The van der Waals surface area contributed by atoms with Gasteiger partial charge in [0.15, 0.2) is 5.13 Å². The normalized spacial score (nSPS) is 11.9. The van der Waals surface area contributed by atoms with Crippen molar-refractivity contribution in [1.82, 2.24) is 4.98 Å². The van der Waals surface area contributed by atoms with Gasteiger partial charge in [0, 0.05) is 17.3 Å². The Hall–Kier alpha value is -2.57. The van der Waals surface area contributed by atoms with E-state index in [0.717, 1.165) is 29.5 Å². The van der Waals surface area contributed by atoms with Crippen LogP contribution in [0.2, 0.25) is 0 Å². The molecule has 2 aromatic carbocycles. The van der Waals surface area contributed by atoms with Gasteiger partial charge < -0.3 is 0 Å².